The number of anilines is 2. The maximum absolute atomic E-state index is 13.3. The molecule has 20 heavy (non-hydrogen) atoms. The Labute approximate surface area is 127 Å². The van der Waals surface area contributed by atoms with Crippen molar-refractivity contribution in [3.63, 3.8) is 0 Å². The minimum atomic E-state index is -4.00. The highest BCUT2D eigenvalue weighted by molar-refractivity contribution is 9.10. The largest absolute Gasteiger partial charge is 0.398 e. The molecule has 0 saturated heterocycles. The fourth-order valence-electron chi connectivity index (χ4n) is 1.43. The van der Waals surface area contributed by atoms with E-state index in [9.17, 15) is 12.8 Å². The van der Waals surface area contributed by atoms with Gasteiger partial charge in [-0.15, -0.1) is 11.3 Å². The van der Waals surface area contributed by atoms with Crippen LogP contribution in [0.25, 0.3) is 0 Å². The van der Waals surface area contributed by atoms with Crippen LogP contribution in [-0.2, 0) is 10.0 Å². The van der Waals surface area contributed by atoms with Crippen molar-refractivity contribution >= 4 is 48.0 Å². The summed E-state index contributed by atoms with van der Waals surface area (Å²) < 4.78 is 39.9. The molecule has 1 heterocycles. The maximum atomic E-state index is 13.3. The molecule has 0 saturated carbocycles. The van der Waals surface area contributed by atoms with Gasteiger partial charge in [0.15, 0.2) is 0 Å². The predicted octanol–water partition coefficient (Wildman–Crippen LogP) is 2.90. The summed E-state index contributed by atoms with van der Waals surface area (Å²) in [7, 11) is -4.00. The van der Waals surface area contributed by atoms with Crippen LogP contribution < -0.4 is 10.5 Å². The quantitative estimate of drug-likeness (QED) is 0.806. The molecule has 0 amide bonds. The third-order valence-electron chi connectivity index (χ3n) is 2.35. The number of nitrogens with zero attached hydrogens (tertiary/aromatic N) is 1. The number of nitrogen functional groups attached to an aromatic ring is 1. The van der Waals surface area contributed by atoms with Gasteiger partial charge in [0.2, 0.25) is 0 Å². The molecule has 1 aromatic heterocycles. The van der Waals surface area contributed by atoms with Crippen LogP contribution in [-0.4, -0.2) is 8.42 Å². The number of nitrogens with two attached hydrogens (primary N) is 1. The third kappa shape index (κ3) is 2.77. The van der Waals surface area contributed by atoms with Gasteiger partial charge in [-0.1, -0.05) is 0 Å². The molecule has 104 valence electrons. The van der Waals surface area contributed by atoms with Crippen molar-refractivity contribution in [3.8, 4) is 6.07 Å². The Morgan fingerprint density at radius 3 is 2.80 bits per heavy atom. The molecule has 0 aliphatic rings. The van der Waals surface area contributed by atoms with Crippen molar-refractivity contribution in [3.05, 3.63) is 39.4 Å². The molecular formula is C11H7BrFN3O2S2. The average Bonchev–Trinajstić information content (AvgIpc) is 2.80. The van der Waals surface area contributed by atoms with E-state index in [1.54, 1.807) is 5.38 Å². The number of hydrogen-bond acceptors (Lipinski definition) is 5. The molecule has 0 aliphatic carbocycles. The Kier molecular flexibility index (Phi) is 3.99. The first-order chi connectivity index (χ1) is 9.35. The maximum Gasteiger partial charge on any atom is 0.264 e. The molecule has 5 nitrogen and oxygen atoms in total. The minimum absolute atomic E-state index is 0.0150. The lowest BCUT2D eigenvalue weighted by Crippen LogP contribution is -2.15. The third-order valence-corrected chi connectivity index (χ3v) is 5.33. The van der Waals surface area contributed by atoms with Crippen LogP contribution in [0.4, 0.5) is 15.1 Å². The Morgan fingerprint density at radius 1 is 1.45 bits per heavy atom. The fourth-order valence-corrected chi connectivity index (χ4v) is 4.13. The van der Waals surface area contributed by atoms with Gasteiger partial charge in [0.25, 0.3) is 10.0 Å². The molecule has 3 N–H and O–H groups in total. The van der Waals surface area contributed by atoms with Gasteiger partial charge in [-0.3, -0.25) is 4.72 Å². The minimum Gasteiger partial charge on any atom is -0.398 e. The van der Waals surface area contributed by atoms with Gasteiger partial charge in [-0.05, 0) is 39.5 Å². The monoisotopic (exact) mass is 375 g/mol. The molecule has 0 unspecified atom stereocenters. The van der Waals surface area contributed by atoms with Crippen molar-refractivity contribution in [2.75, 3.05) is 10.5 Å². The molecule has 0 spiro atoms. The number of rotatable bonds is 3. The molecule has 2 rings (SSSR count). The van der Waals surface area contributed by atoms with Gasteiger partial charge in [-0.25, -0.2) is 12.8 Å². The van der Waals surface area contributed by atoms with Crippen LogP contribution in [0.5, 0.6) is 0 Å². The van der Waals surface area contributed by atoms with Gasteiger partial charge in [-0.2, -0.15) is 5.26 Å². The summed E-state index contributed by atoms with van der Waals surface area (Å²) in [6.45, 7) is 0. The number of benzene rings is 1. The van der Waals surface area contributed by atoms with E-state index < -0.39 is 15.8 Å². The zero-order valence-corrected chi connectivity index (χ0v) is 12.9. The van der Waals surface area contributed by atoms with E-state index in [4.69, 9.17) is 11.0 Å². The lowest BCUT2D eigenvalue weighted by atomic mass is 10.3. The van der Waals surface area contributed by atoms with Crippen LogP contribution in [0.2, 0.25) is 0 Å². The zero-order chi connectivity index (χ0) is 14.9. The van der Waals surface area contributed by atoms with Crippen LogP contribution in [0.15, 0.2) is 32.9 Å². The average molecular weight is 376 g/mol. The molecule has 0 aliphatic heterocycles. The van der Waals surface area contributed by atoms with Gasteiger partial charge in [0.05, 0.1) is 15.7 Å². The van der Waals surface area contributed by atoms with E-state index in [1.807, 2.05) is 6.07 Å². The van der Waals surface area contributed by atoms with Crippen molar-refractivity contribution in [1.82, 2.24) is 0 Å². The van der Waals surface area contributed by atoms with E-state index in [2.05, 4.69) is 20.7 Å². The van der Waals surface area contributed by atoms with Crippen LogP contribution >= 0.6 is 27.3 Å². The number of nitrogens with one attached hydrogen (secondary N) is 1. The van der Waals surface area contributed by atoms with E-state index in [0.717, 1.165) is 23.5 Å². The lowest BCUT2D eigenvalue weighted by Gasteiger charge is -2.10. The zero-order valence-electron chi connectivity index (χ0n) is 9.72. The first kappa shape index (κ1) is 14.8. The topological polar surface area (TPSA) is 96.0 Å². The van der Waals surface area contributed by atoms with Gasteiger partial charge in [0.1, 0.15) is 21.8 Å². The summed E-state index contributed by atoms with van der Waals surface area (Å²) in [6, 6.07) is 5.35. The van der Waals surface area contributed by atoms with Crippen LogP contribution in [0.1, 0.15) is 5.56 Å². The number of sulfonamides is 1. The summed E-state index contributed by atoms with van der Waals surface area (Å²) in [4.78, 5) is -0.261. The smallest absolute Gasteiger partial charge is 0.264 e. The van der Waals surface area contributed by atoms with Gasteiger partial charge in [0, 0.05) is 0 Å². The first-order valence-electron chi connectivity index (χ1n) is 5.10. The molecule has 1 aromatic carbocycles. The number of halogens is 2. The molecular weight excluding hydrogens is 369 g/mol. The summed E-state index contributed by atoms with van der Waals surface area (Å²) in [5.41, 5.74) is 5.53. The Balaban J connectivity index is 2.47. The van der Waals surface area contributed by atoms with Crippen molar-refractivity contribution < 1.29 is 12.8 Å². The predicted molar refractivity (Wildman–Crippen MR) is 78.4 cm³/mol. The summed E-state index contributed by atoms with van der Waals surface area (Å²) >= 11 is 3.98. The van der Waals surface area contributed by atoms with E-state index >= 15 is 0 Å². The molecule has 0 bridgehead atoms. The highest BCUT2D eigenvalue weighted by atomic mass is 79.9. The van der Waals surface area contributed by atoms with Crippen LogP contribution in [0.3, 0.4) is 0 Å². The van der Waals surface area contributed by atoms with Gasteiger partial charge < -0.3 is 5.73 Å². The summed E-state index contributed by atoms with van der Waals surface area (Å²) in [6.07, 6.45) is 0. The van der Waals surface area contributed by atoms with Crippen molar-refractivity contribution in [2.45, 2.75) is 4.90 Å². The SMILES string of the molecule is N#Cc1ccsc1NS(=O)(=O)c1cc(Br)c(F)cc1N. The number of nitriles is 1. The summed E-state index contributed by atoms with van der Waals surface area (Å²) in [5, 5.41) is 10.6. The Hall–Kier alpha value is -1.63. The number of hydrogen-bond donors (Lipinski definition) is 2. The second-order valence-corrected chi connectivity index (χ2v) is 7.11. The normalized spacial score (nSPS) is 11.1. The molecule has 0 fully saturated rings. The number of thiophene rings is 1. The highest BCUT2D eigenvalue weighted by Crippen LogP contribution is 2.30. The molecule has 0 atom stereocenters. The van der Waals surface area contributed by atoms with E-state index in [0.29, 0.717) is 0 Å². The van der Waals surface area contributed by atoms with E-state index in [-0.39, 0.29) is 25.6 Å². The summed E-state index contributed by atoms with van der Waals surface area (Å²) in [5.74, 6) is -0.657. The highest BCUT2D eigenvalue weighted by Gasteiger charge is 2.21. The molecule has 9 heteroatoms. The fraction of sp³-hybridized carbons (Fsp3) is 0. The van der Waals surface area contributed by atoms with Gasteiger partial charge >= 0.3 is 0 Å². The molecule has 0 radical (unpaired) electrons. The van der Waals surface area contributed by atoms with Crippen LogP contribution in [0, 0.1) is 17.1 Å². The van der Waals surface area contributed by atoms with Crippen molar-refractivity contribution in [1.29, 1.82) is 5.26 Å². The first-order valence-corrected chi connectivity index (χ1v) is 8.25. The molecule has 2 aromatic rings. The standard InChI is InChI=1S/C11H7BrFN3O2S2/c12-7-3-10(9(15)4-8(7)13)20(17,18)16-11-6(5-14)1-2-19-11/h1-4,16H,15H2. The Morgan fingerprint density at radius 2 is 2.15 bits per heavy atom. The van der Waals surface area contributed by atoms with E-state index in [1.165, 1.54) is 6.07 Å². The lowest BCUT2D eigenvalue weighted by molar-refractivity contribution is 0.599. The second kappa shape index (κ2) is 5.40. The Bertz CT molecular complexity index is 812. The van der Waals surface area contributed by atoms with Crippen molar-refractivity contribution in [2.24, 2.45) is 0 Å². The second-order valence-electron chi connectivity index (χ2n) is 3.68.